The molecule has 1 aliphatic carbocycles. The summed E-state index contributed by atoms with van der Waals surface area (Å²) in [6, 6.07) is 8.06. The van der Waals surface area contributed by atoms with Crippen molar-refractivity contribution in [2.24, 2.45) is 0 Å². The Kier molecular flexibility index (Phi) is 6.34. The lowest BCUT2D eigenvalue weighted by atomic mass is 10.0. The average molecular weight is 488 g/mol. The van der Waals surface area contributed by atoms with Gasteiger partial charge in [0.2, 0.25) is 5.91 Å². The fourth-order valence-corrected chi connectivity index (χ4v) is 5.56. The Hall–Kier alpha value is -3.59. The van der Waals surface area contributed by atoms with Crippen LogP contribution in [0, 0.1) is 6.92 Å². The van der Waals surface area contributed by atoms with Crippen molar-refractivity contribution in [3.8, 4) is 27.5 Å². The molecule has 0 saturated carbocycles. The van der Waals surface area contributed by atoms with Crippen LogP contribution in [0.2, 0.25) is 0 Å². The second-order valence-corrected chi connectivity index (χ2v) is 9.94. The van der Waals surface area contributed by atoms with Crippen molar-refractivity contribution in [1.82, 2.24) is 29.6 Å². The number of carbonyl (C=O) groups is 1. The zero-order chi connectivity index (χ0) is 24.5. The van der Waals surface area contributed by atoms with Crippen molar-refractivity contribution < 1.29 is 4.79 Å². The Bertz CT molecular complexity index is 1370. The number of nitrogens with zero attached hydrogens (tertiary/aromatic N) is 6. The van der Waals surface area contributed by atoms with Crippen LogP contribution in [-0.2, 0) is 24.1 Å². The van der Waals surface area contributed by atoms with E-state index >= 15 is 0 Å². The summed E-state index contributed by atoms with van der Waals surface area (Å²) < 4.78 is 2.02. The van der Waals surface area contributed by atoms with Crippen LogP contribution in [0.4, 0.5) is 5.82 Å². The lowest BCUT2D eigenvalue weighted by Gasteiger charge is -2.09. The van der Waals surface area contributed by atoms with Crippen molar-refractivity contribution in [2.75, 3.05) is 26.0 Å². The zero-order valence-corrected chi connectivity index (χ0v) is 21.3. The molecule has 35 heavy (non-hydrogen) atoms. The quantitative estimate of drug-likeness (QED) is 0.436. The highest BCUT2D eigenvalue weighted by molar-refractivity contribution is 7.15. The van der Waals surface area contributed by atoms with E-state index < -0.39 is 0 Å². The van der Waals surface area contributed by atoms with Crippen LogP contribution >= 0.6 is 11.3 Å². The molecule has 5 rings (SSSR count). The number of hydrogen-bond acceptors (Lipinski definition) is 7. The molecule has 4 heterocycles. The molecule has 0 radical (unpaired) electrons. The summed E-state index contributed by atoms with van der Waals surface area (Å²) in [6.07, 6.45) is 6.74. The summed E-state index contributed by atoms with van der Waals surface area (Å²) >= 11 is 1.60. The lowest BCUT2D eigenvalue weighted by Crippen LogP contribution is -2.23. The van der Waals surface area contributed by atoms with Crippen molar-refractivity contribution in [2.45, 2.75) is 39.5 Å². The van der Waals surface area contributed by atoms with Gasteiger partial charge in [-0.3, -0.25) is 9.78 Å². The van der Waals surface area contributed by atoms with Gasteiger partial charge >= 0.3 is 0 Å². The minimum absolute atomic E-state index is 0.0540. The Morgan fingerprint density at radius 1 is 1.20 bits per heavy atom. The summed E-state index contributed by atoms with van der Waals surface area (Å²) in [6.45, 7) is 4.88. The van der Waals surface area contributed by atoms with E-state index in [1.165, 1.54) is 5.56 Å². The highest BCUT2D eigenvalue weighted by Gasteiger charge is 2.29. The van der Waals surface area contributed by atoms with Gasteiger partial charge in [-0.25, -0.2) is 14.6 Å². The number of fused-ring (bicyclic) bond motifs is 3. The van der Waals surface area contributed by atoms with Crippen LogP contribution in [0.5, 0.6) is 0 Å². The van der Waals surface area contributed by atoms with Gasteiger partial charge in [0.25, 0.3) is 0 Å². The number of aromatic nitrogens is 5. The van der Waals surface area contributed by atoms with Gasteiger partial charge in [-0.2, -0.15) is 5.10 Å². The van der Waals surface area contributed by atoms with E-state index in [1.54, 1.807) is 36.5 Å². The topological polar surface area (TPSA) is 88.8 Å². The molecule has 0 bridgehead atoms. The summed E-state index contributed by atoms with van der Waals surface area (Å²) in [5.74, 6) is 0.906. The Balaban J connectivity index is 1.69. The van der Waals surface area contributed by atoms with E-state index in [-0.39, 0.29) is 5.91 Å². The van der Waals surface area contributed by atoms with E-state index in [9.17, 15) is 4.79 Å². The molecule has 0 atom stereocenters. The first-order valence-corrected chi connectivity index (χ1v) is 12.7. The summed E-state index contributed by atoms with van der Waals surface area (Å²) in [7, 11) is 3.56. The molecular weight excluding hydrogens is 458 g/mol. The molecule has 0 aliphatic heterocycles. The summed E-state index contributed by atoms with van der Waals surface area (Å²) in [5.41, 5.74) is 7.07. The molecule has 8 nitrogen and oxygen atoms in total. The summed E-state index contributed by atoms with van der Waals surface area (Å²) in [5, 5.41) is 9.22. The number of amides is 1. The molecule has 0 unspecified atom stereocenters. The molecule has 180 valence electrons. The van der Waals surface area contributed by atoms with Gasteiger partial charge in [0.05, 0.1) is 39.8 Å². The van der Waals surface area contributed by atoms with Crippen LogP contribution in [0.15, 0.2) is 36.7 Å². The molecule has 4 aromatic rings. The number of rotatable bonds is 6. The standard InChI is InChI=1S/C26H29N7OS/c1-5-27-21-12-11-17(15-29-21)24-18-8-6-9-19-26(35-22(30-19)14-23(34)32(3)4)25(18)33(31-24)20-10-7-13-28-16(20)2/h7,10-13,15H,5-6,8-9,14H2,1-4H3,(H,27,29). The number of hydrogen-bond donors (Lipinski definition) is 1. The van der Waals surface area contributed by atoms with Gasteiger partial charge in [0.15, 0.2) is 0 Å². The van der Waals surface area contributed by atoms with Gasteiger partial charge in [-0.1, -0.05) is 0 Å². The minimum Gasteiger partial charge on any atom is -0.370 e. The smallest absolute Gasteiger partial charge is 0.228 e. The normalized spacial score (nSPS) is 12.6. The van der Waals surface area contributed by atoms with Gasteiger partial charge in [-0.15, -0.1) is 11.3 Å². The average Bonchev–Trinajstić information content (AvgIpc) is 3.36. The van der Waals surface area contributed by atoms with Gasteiger partial charge in [0.1, 0.15) is 10.8 Å². The van der Waals surface area contributed by atoms with Crippen molar-refractivity contribution in [3.05, 3.63) is 58.6 Å². The Labute approximate surface area is 209 Å². The maximum absolute atomic E-state index is 12.4. The molecule has 0 fully saturated rings. The largest absolute Gasteiger partial charge is 0.370 e. The third-order valence-corrected chi connectivity index (χ3v) is 7.29. The molecule has 1 amide bonds. The second kappa shape index (κ2) is 9.58. The van der Waals surface area contributed by atoms with Crippen molar-refractivity contribution in [1.29, 1.82) is 0 Å². The van der Waals surface area contributed by atoms with E-state index in [4.69, 9.17) is 10.1 Å². The first kappa shape index (κ1) is 23.2. The Morgan fingerprint density at radius 2 is 2.06 bits per heavy atom. The van der Waals surface area contributed by atoms with E-state index in [2.05, 4.69) is 28.3 Å². The second-order valence-electron chi connectivity index (χ2n) is 8.86. The first-order chi connectivity index (χ1) is 17.0. The fourth-order valence-electron chi connectivity index (χ4n) is 4.40. The lowest BCUT2D eigenvalue weighted by molar-refractivity contribution is -0.127. The minimum atomic E-state index is 0.0540. The summed E-state index contributed by atoms with van der Waals surface area (Å²) in [4.78, 5) is 29.1. The number of carbonyl (C=O) groups excluding carboxylic acids is 1. The number of thiazole rings is 1. The highest BCUT2D eigenvalue weighted by atomic mass is 32.1. The number of aryl methyl sites for hydroxylation is 2. The number of nitrogens with one attached hydrogen (secondary N) is 1. The van der Waals surface area contributed by atoms with Crippen LogP contribution < -0.4 is 5.32 Å². The van der Waals surface area contributed by atoms with Gasteiger partial charge < -0.3 is 10.2 Å². The van der Waals surface area contributed by atoms with E-state index in [0.29, 0.717) is 6.42 Å². The predicted octanol–water partition coefficient (Wildman–Crippen LogP) is 4.31. The van der Waals surface area contributed by atoms with Crippen molar-refractivity contribution >= 4 is 23.1 Å². The van der Waals surface area contributed by atoms with Crippen LogP contribution in [0.25, 0.3) is 27.5 Å². The maximum atomic E-state index is 12.4. The Morgan fingerprint density at radius 3 is 2.77 bits per heavy atom. The van der Waals surface area contributed by atoms with E-state index in [1.807, 2.05) is 36.0 Å². The molecule has 0 saturated heterocycles. The number of likely N-dealkylation sites (N-methyl/N-ethyl adjacent to an activating group) is 1. The predicted molar refractivity (Wildman–Crippen MR) is 139 cm³/mol. The monoisotopic (exact) mass is 487 g/mol. The zero-order valence-electron chi connectivity index (χ0n) is 20.5. The van der Waals surface area contributed by atoms with Gasteiger partial charge in [0, 0.05) is 44.2 Å². The first-order valence-electron chi connectivity index (χ1n) is 11.9. The van der Waals surface area contributed by atoms with Gasteiger partial charge in [-0.05, 0) is 57.4 Å². The third-order valence-electron chi connectivity index (χ3n) is 6.18. The van der Waals surface area contributed by atoms with Crippen LogP contribution in [-0.4, -0.2) is 56.2 Å². The number of pyridine rings is 2. The van der Waals surface area contributed by atoms with E-state index in [0.717, 1.165) is 75.5 Å². The maximum Gasteiger partial charge on any atom is 0.228 e. The van der Waals surface area contributed by atoms with Crippen LogP contribution in [0.1, 0.15) is 35.3 Å². The number of anilines is 1. The third kappa shape index (κ3) is 4.43. The molecule has 9 heteroatoms. The fraction of sp³-hybridized carbons (Fsp3) is 0.346. The highest BCUT2D eigenvalue weighted by Crippen LogP contribution is 2.42. The molecule has 4 aromatic heterocycles. The molecular formula is C26H29N7OS. The molecule has 0 aromatic carbocycles. The van der Waals surface area contributed by atoms with Crippen LogP contribution in [0.3, 0.4) is 0 Å². The molecule has 0 spiro atoms. The molecule has 1 aliphatic rings. The molecule has 1 N–H and O–H groups in total. The SMILES string of the molecule is CCNc1ccc(-c2nn(-c3cccnc3C)c3c2CCCc2nc(CC(=O)N(C)C)sc2-3)cn1. The van der Waals surface area contributed by atoms with Crippen molar-refractivity contribution in [3.63, 3.8) is 0 Å².